The van der Waals surface area contributed by atoms with E-state index in [1.807, 2.05) is 31.2 Å². The molecule has 0 amide bonds. The van der Waals surface area contributed by atoms with Crippen molar-refractivity contribution in [1.82, 2.24) is 9.97 Å². The zero-order valence-electron chi connectivity index (χ0n) is 9.66. The van der Waals surface area contributed by atoms with Crippen LogP contribution in [0, 0.1) is 6.92 Å². The molecule has 5 heteroatoms. The second kappa shape index (κ2) is 5.01. The molecule has 0 unspecified atom stereocenters. The Bertz CT molecular complexity index is 528. The number of hydrogen-bond donors (Lipinski definition) is 2. The van der Waals surface area contributed by atoms with E-state index < -0.39 is 0 Å². The Hall–Kier alpha value is -1.81. The lowest BCUT2D eigenvalue weighted by Crippen LogP contribution is -2.02. The van der Waals surface area contributed by atoms with Crippen LogP contribution in [0.4, 0.5) is 17.5 Å². The third kappa shape index (κ3) is 2.65. The summed E-state index contributed by atoms with van der Waals surface area (Å²) in [6, 6.07) is 7.55. The molecule has 17 heavy (non-hydrogen) atoms. The molecule has 0 saturated carbocycles. The van der Waals surface area contributed by atoms with Gasteiger partial charge in [-0.15, -0.1) is 0 Å². The summed E-state index contributed by atoms with van der Waals surface area (Å²) in [6.07, 6.45) is 1.76. The minimum atomic E-state index is 0.574. The molecule has 0 spiro atoms. The molecule has 2 aromatic rings. The predicted octanol–water partition coefficient (Wildman–Crippen LogP) is 3.22. The van der Waals surface area contributed by atoms with Gasteiger partial charge in [0.05, 0.1) is 10.7 Å². The predicted molar refractivity (Wildman–Crippen MR) is 71.1 cm³/mol. The first-order valence-electron chi connectivity index (χ1n) is 5.23. The Labute approximate surface area is 105 Å². The summed E-state index contributed by atoms with van der Waals surface area (Å²) in [4.78, 5) is 8.46. The fraction of sp³-hybridized carbons (Fsp3) is 0.167. The number of rotatable bonds is 3. The number of anilines is 3. The van der Waals surface area contributed by atoms with E-state index in [0.717, 1.165) is 17.1 Å². The zero-order valence-corrected chi connectivity index (χ0v) is 10.4. The van der Waals surface area contributed by atoms with Crippen molar-refractivity contribution in [2.75, 3.05) is 17.7 Å². The zero-order chi connectivity index (χ0) is 12.3. The van der Waals surface area contributed by atoms with Crippen molar-refractivity contribution in [2.24, 2.45) is 0 Å². The first kappa shape index (κ1) is 11.7. The highest BCUT2D eigenvalue weighted by Crippen LogP contribution is 2.25. The van der Waals surface area contributed by atoms with Crippen LogP contribution in [0.2, 0.25) is 5.02 Å². The molecule has 0 atom stereocenters. The van der Waals surface area contributed by atoms with Gasteiger partial charge in [0, 0.05) is 18.8 Å². The van der Waals surface area contributed by atoms with E-state index in [0.29, 0.717) is 11.0 Å². The fourth-order valence-electron chi connectivity index (χ4n) is 1.38. The Morgan fingerprint density at radius 1 is 1.24 bits per heavy atom. The Morgan fingerprint density at radius 3 is 2.71 bits per heavy atom. The SMILES string of the molecule is CNc1ncc(C)c(Nc2ccccc2Cl)n1. The van der Waals surface area contributed by atoms with Crippen molar-refractivity contribution in [3.05, 3.63) is 41.0 Å². The highest BCUT2D eigenvalue weighted by atomic mass is 35.5. The number of aromatic nitrogens is 2. The highest BCUT2D eigenvalue weighted by molar-refractivity contribution is 6.33. The van der Waals surface area contributed by atoms with Crippen LogP contribution in [0.25, 0.3) is 0 Å². The summed E-state index contributed by atoms with van der Waals surface area (Å²) < 4.78 is 0. The summed E-state index contributed by atoms with van der Waals surface area (Å²) in [5, 5.41) is 6.76. The number of nitrogens with one attached hydrogen (secondary N) is 2. The molecule has 2 N–H and O–H groups in total. The van der Waals surface area contributed by atoms with Crippen LogP contribution >= 0.6 is 11.6 Å². The van der Waals surface area contributed by atoms with Crippen LogP contribution in [0.5, 0.6) is 0 Å². The quantitative estimate of drug-likeness (QED) is 0.876. The molecule has 88 valence electrons. The maximum Gasteiger partial charge on any atom is 0.224 e. The van der Waals surface area contributed by atoms with Gasteiger partial charge in [0.15, 0.2) is 0 Å². The Morgan fingerprint density at radius 2 is 2.00 bits per heavy atom. The molecule has 0 bridgehead atoms. The molecule has 0 saturated heterocycles. The van der Waals surface area contributed by atoms with Gasteiger partial charge < -0.3 is 10.6 Å². The summed E-state index contributed by atoms with van der Waals surface area (Å²) in [6.45, 7) is 1.94. The van der Waals surface area contributed by atoms with Gasteiger partial charge in [0.1, 0.15) is 5.82 Å². The second-order valence-electron chi connectivity index (χ2n) is 3.58. The normalized spacial score (nSPS) is 10.1. The summed E-state index contributed by atoms with van der Waals surface area (Å²) >= 11 is 6.08. The minimum Gasteiger partial charge on any atom is -0.357 e. The van der Waals surface area contributed by atoms with Gasteiger partial charge in [-0.1, -0.05) is 23.7 Å². The van der Waals surface area contributed by atoms with E-state index in [-0.39, 0.29) is 0 Å². The monoisotopic (exact) mass is 248 g/mol. The molecule has 0 aliphatic carbocycles. The first-order chi connectivity index (χ1) is 8.20. The van der Waals surface area contributed by atoms with Gasteiger partial charge in [-0.25, -0.2) is 4.98 Å². The van der Waals surface area contributed by atoms with Crippen molar-refractivity contribution >= 4 is 29.1 Å². The number of benzene rings is 1. The molecule has 2 rings (SSSR count). The molecule has 0 aliphatic heterocycles. The molecular formula is C12H13ClN4. The molecule has 1 heterocycles. The average molecular weight is 249 g/mol. The van der Waals surface area contributed by atoms with Crippen molar-refractivity contribution in [1.29, 1.82) is 0 Å². The summed E-state index contributed by atoms with van der Waals surface area (Å²) in [7, 11) is 1.78. The number of hydrogen-bond acceptors (Lipinski definition) is 4. The third-order valence-corrected chi connectivity index (χ3v) is 2.65. The van der Waals surface area contributed by atoms with E-state index >= 15 is 0 Å². The van der Waals surface area contributed by atoms with E-state index in [1.54, 1.807) is 13.2 Å². The van der Waals surface area contributed by atoms with E-state index in [4.69, 9.17) is 11.6 Å². The molecule has 1 aromatic heterocycles. The standard InChI is InChI=1S/C12H13ClN4/c1-8-7-15-12(14-2)17-11(8)16-10-6-4-3-5-9(10)13/h3-7H,1-2H3,(H2,14,15,16,17). The second-order valence-corrected chi connectivity index (χ2v) is 3.99. The summed E-state index contributed by atoms with van der Waals surface area (Å²) in [5.41, 5.74) is 1.79. The van der Waals surface area contributed by atoms with Crippen molar-refractivity contribution in [3.63, 3.8) is 0 Å². The summed E-state index contributed by atoms with van der Waals surface area (Å²) in [5.74, 6) is 1.32. The smallest absolute Gasteiger partial charge is 0.224 e. The molecule has 0 aliphatic rings. The van der Waals surface area contributed by atoms with Crippen molar-refractivity contribution < 1.29 is 0 Å². The van der Waals surface area contributed by atoms with E-state index in [1.165, 1.54) is 0 Å². The number of aryl methyl sites for hydroxylation is 1. The fourth-order valence-corrected chi connectivity index (χ4v) is 1.56. The number of nitrogens with zero attached hydrogens (tertiary/aromatic N) is 2. The lowest BCUT2D eigenvalue weighted by molar-refractivity contribution is 1.12. The minimum absolute atomic E-state index is 0.574. The highest BCUT2D eigenvalue weighted by Gasteiger charge is 2.05. The average Bonchev–Trinajstić information content (AvgIpc) is 2.35. The van der Waals surface area contributed by atoms with Crippen LogP contribution in [-0.2, 0) is 0 Å². The van der Waals surface area contributed by atoms with Crippen molar-refractivity contribution in [2.45, 2.75) is 6.92 Å². The van der Waals surface area contributed by atoms with Crippen molar-refractivity contribution in [3.8, 4) is 0 Å². The molecular weight excluding hydrogens is 236 g/mol. The maximum atomic E-state index is 6.08. The molecule has 0 radical (unpaired) electrons. The third-order valence-electron chi connectivity index (χ3n) is 2.32. The van der Waals surface area contributed by atoms with E-state index in [2.05, 4.69) is 20.6 Å². The van der Waals surface area contributed by atoms with Crippen LogP contribution in [0.3, 0.4) is 0 Å². The Kier molecular flexibility index (Phi) is 3.44. The van der Waals surface area contributed by atoms with Gasteiger partial charge in [0.25, 0.3) is 0 Å². The Balaban J connectivity index is 2.32. The van der Waals surface area contributed by atoms with Crippen LogP contribution in [-0.4, -0.2) is 17.0 Å². The topological polar surface area (TPSA) is 49.8 Å². The van der Waals surface area contributed by atoms with E-state index in [9.17, 15) is 0 Å². The van der Waals surface area contributed by atoms with Gasteiger partial charge in [-0.05, 0) is 19.1 Å². The first-order valence-corrected chi connectivity index (χ1v) is 5.61. The van der Waals surface area contributed by atoms with Crippen LogP contribution in [0.15, 0.2) is 30.5 Å². The molecule has 1 aromatic carbocycles. The lowest BCUT2D eigenvalue weighted by atomic mass is 10.3. The molecule has 0 fully saturated rings. The maximum absolute atomic E-state index is 6.08. The van der Waals surface area contributed by atoms with Crippen LogP contribution < -0.4 is 10.6 Å². The van der Waals surface area contributed by atoms with Gasteiger partial charge in [0.2, 0.25) is 5.95 Å². The largest absolute Gasteiger partial charge is 0.357 e. The number of para-hydroxylation sites is 1. The lowest BCUT2D eigenvalue weighted by Gasteiger charge is -2.10. The van der Waals surface area contributed by atoms with Gasteiger partial charge in [-0.2, -0.15) is 4.98 Å². The number of halogens is 1. The van der Waals surface area contributed by atoms with Crippen LogP contribution in [0.1, 0.15) is 5.56 Å². The van der Waals surface area contributed by atoms with Gasteiger partial charge >= 0.3 is 0 Å². The van der Waals surface area contributed by atoms with Gasteiger partial charge in [-0.3, -0.25) is 0 Å². The molecule has 4 nitrogen and oxygen atoms in total.